The topological polar surface area (TPSA) is 58.6 Å². The van der Waals surface area contributed by atoms with Gasteiger partial charge in [-0.2, -0.15) is 0 Å². The molecule has 172 valence electrons. The smallest absolute Gasteiger partial charge is 0.261 e. The van der Waals surface area contributed by atoms with Crippen molar-refractivity contribution in [2.45, 2.75) is 57.7 Å². The lowest BCUT2D eigenvalue weighted by molar-refractivity contribution is -0.143. The lowest BCUT2D eigenvalue weighted by atomic mass is 10.1. The van der Waals surface area contributed by atoms with Crippen LogP contribution in [0.1, 0.15) is 44.6 Å². The second-order valence-corrected chi connectivity index (χ2v) is 8.77. The maximum absolute atomic E-state index is 13.4. The number of carbonyl (C=O) groups excluding carboxylic acids is 2. The summed E-state index contributed by atoms with van der Waals surface area (Å²) in [5.41, 5.74) is 0.719. The summed E-state index contributed by atoms with van der Waals surface area (Å²) in [5.74, 6) is -0.582. The molecule has 32 heavy (non-hydrogen) atoms. The van der Waals surface area contributed by atoms with Crippen LogP contribution in [-0.2, 0) is 16.1 Å². The highest BCUT2D eigenvalue weighted by molar-refractivity contribution is 6.35. The van der Waals surface area contributed by atoms with Gasteiger partial charge < -0.3 is 15.0 Å². The van der Waals surface area contributed by atoms with Gasteiger partial charge in [0.2, 0.25) is 5.91 Å². The minimum Gasteiger partial charge on any atom is -0.482 e. The highest BCUT2D eigenvalue weighted by Crippen LogP contribution is 2.27. The van der Waals surface area contributed by atoms with Gasteiger partial charge >= 0.3 is 0 Å². The first-order valence-corrected chi connectivity index (χ1v) is 11.5. The Morgan fingerprint density at radius 1 is 1.16 bits per heavy atom. The van der Waals surface area contributed by atoms with Crippen molar-refractivity contribution in [3.05, 3.63) is 63.9 Å². The molecular formula is C24H27Cl2FN2O3. The zero-order valence-electron chi connectivity index (χ0n) is 18.0. The normalized spacial score (nSPS) is 14.8. The van der Waals surface area contributed by atoms with Crippen molar-refractivity contribution in [3.63, 3.8) is 0 Å². The monoisotopic (exact) mass is 480 g/mol. The number of benzene rings is 2. The van der Waals surface area contributed by atoms with E-state index in [2.05, 4.69) is 5.32 Å². The van der Waals surface area contributed by atoms with Crippen LogP contribution in [-0.4, -0.2) is 35.4 Å². The van der Waals surface area contributed by atoms with E-state index in [4.69, 9.17) is 27.9 Å². The molecule has 5 nitrogen and oxygen atoms in total. The molecule has 2 amide bonds. The Bertz CT molecular complexity index is 933. The fourth-order valence-electron chi connectivity index (χ4n) is 3.89. The summed E-state index contributed by atoms with van der Waals surface area (Å²) in [5, 5.41) is 3.83. The predicted molar refractivity (Wildman–Crippen MR) is 123 cm³/mol. The first-order chi connectivity index (χ1) is 15.4. The Labute approximate surface area is 197 Å². The molecule has 0 saturated heterocycles. The molecular weight excluding hydrogens is 454 g/mol. The molecule has 8 heteroatoms. The molecule has 0 spiro atoms. The summed E-state index contributed by atoms with van der Waals surface area (Å²) in [6, 6.07) is 10.1. The number of ether oxygens (including phenoxy) is 1. The van der Waals surface area contributed by atoms with Gasteiger partial charge in [-0.3, -0.25) is 9.59 Å². The van der Waals surface area contributed by atoms with Crippen LogP contribution < -0.4 is 10.1 Å². The van der Waals surface area contributed by atoms with E-state index in [0.29, 0.717) is 22.2 Å². The SMILES string of the molecule is CCC(C(=O)NC1CCCC1)N(Cc1ccc(F)cc1)C(=O)COc1ccc(Cl)cc1Cl. The van der Waals surface area contributed by atoms with Crippen molar-refractivity contribution in [3.8, 4) is 5.75 Å². The molecule has 1 aliphatic carbocycles. The van der Waals surface area contributed by atoms with Crippen LogP contribution in [0.3, 0.4) is 0 Å². The average Bonchev–Trinajstić information content (AvgIpc) is 3.27. The maximum atomic E-state index is 13.4. The molecule has 1 aliphatic rings. The van der Waals surface area contributed by atoms with Crippen molar-refractivity contribution >= 4 is 35.0 Å². The van der Waals surface area contributed by atoms with Gasteiger partial charge in [0, 0.05) is 17.6 Å². The van der Waals surface area contributed by atoms with Crippen LogP contribution >= 0.6 is 23.2 Å². The summed E-state index contributed by atoms with van der Waals surface area (Å²) < 4.78 is 19.0. The van der Waals surface area contributed by atoms with Gasteiger partial charge in [0.15, 0.2) is 6.61 Å². The number of nitrogens with zero attached hydrogens (tertiary/aromatic N) is 1. The van der Waals surface area contributed by atoms with Crippen LogP contribution in [0.4, 0.5) is 4.39 Å². The third-order valence-corrected chi connectivity index (χ3v) is 6.13. The third-order valence-electron chi connectivity index (χ3n) is 5.60. The number of rotatable bonds is 9. The van der Waals surface area contributed by atoms with Crippen LogP contribution in [0, 0.1) is 5.82 Å². The van der Waals surface area contributed by atoms with E-state index in [1.54, 1.807) is 24.3 Å². The van der Waals surface area contributed by atoms with Crippen LogP contribution in [0.25, 0.3) is 0 Å². The fourth-order valence-corrected chi connectivity index (χ4v) is 4.35. The van der Waals surface area contributed by atoms with Crippen molar-refractivity contribution < 1.29 is 18.7 Å². The molecule has 0 aliphatic heterocycles. The molecule has 0 radical (unpaired) electrons. The van der Waals surface area contributed by atoms with E-state index in [1.165, 1.54) is 23.1 Å². The Kier molecular flexibility index (Phi) is 8.76. The number of hydrogen-bond donors (Lipinski definition) is 1. The summed E-state index contributed by atoms with van der Waals surface area (Å²) in [4.78, 5) is 27.7. The summed E-state index contributed by atoms with van der Waals surface area (Å²) in [7, 11) is 0. The van der Waals surface area contributed by atoms with Gasteiger partial charge in [0.1, 0.15) is 17.6 Å². The number of halogens is 3. The van der Waals surface area contributed by atoms with Crippen molar-refractivity contribution in [2.75, 3.05) is 6.61 Å². The van der Waals surface area contributed by atoms with Crippen molar-refractivity contribution in [1.29, 1.82) is 0 Å². The average molecular weight is 481 g/mol. The zero-order valence-corrected chi connectivity index (χ0v) is 19.5. The fraction of sp³-hybridized carbons (Fsp3) is 0.417. The molecule has 2 aromatic carbocycles. The predicted octanol–water partition coefficient (Wildman–Crippen LogP) is 5.38. The number of nitrogens with one attached hydrogen (secondary N) is 1. The van der Waals surface area contributed by atoms with Crippen LogP contribution in [0.2, 0.25) is 10.0 Å². The largest absolute Gasteiger partial charge is 0.482 e. The first-order valence-electron chi connectivity index (χ1n) is 10.8. The first kappa shape index (κ1) is 24.3. The Balaban J connectivity index is 1.76. The quantitative estimate of drug-likeness (QED) is 0.524. The molecule has 0 aromatic heterocycles. The molecule has 1 atom stereocenters. The van der Waals surface area contributed by atoms with Gasteiger partial charge in [-0.25, -0.2) is 4.39 Å². The number of amides is 2. The van der Waals surface area contributed by atoms with E-state index in [9.17, 15) is 14.0 Å². The molecule has 1 saturated carbocycles. The Hall–Kier alpha value is -2.31. The van der Waals surface area contributed by atoms with Crippen LogP contribution in [0.5, 0.6) is 5.75 Å². The lowest BCUT2D eigenvalue weighted by Crippen LogP contribution is -2.52. The molecule has 1 N–H and O–H groups in total. The second-order valence-electron chi connectivity index (χ2n) is 7.93. The zero-order chi connectivity index (χ0) is 23.1. The number of carbonyl (C=O) groups is 2. The second kappa shape index (κ2) is 11.5. The highest BCUT2D eigenvalue weighted by atomic mass is 35.5. The van der Waals surface area contributed by atoms with Gasteiger partial charge in [-0.15, -0.1) is 0 Å². The van der Waals surface area contributed by atoms with Gasteiger partial charge in [-0.05, 0) is 55.2 Å². The third kappa shape index (κ3) is 6.59. The maximum Gasteiger partial charge on any atom is 0.261 e. The van der Waals surface area contributed by atoms with E-state index >= 15 is 0 Å². The summed E-state index contributed by atoms with van der Waals surface area (Å²) in [6.07, 6.45) is 4.52. The minimum absolute atomic E-state index is 0.142. The molecule has 2 aromatic rings. The van der Waals surface area contributed by atoms with E-state index in [-0.39, 0.29) is 36.8 Å². The van der Waals surface area contributed by atoms with Crippen molar-refractivity contribution in [1.82, 2.24) is 10.2 Å². The molecule has 1 fully saturated rings. The summed E-state index contributed by atoms with van der Waals surface area (Å²) >= 11 is 12.0. The Morgan fingerprint density at radius 2 is 1.84 bits per heavy atom. The number of hydrogen-bond acceptors (Lipinski definition) is 3. The molecule has 1 unspecified atom stereocenters. The minimum atomic E-state index is -0.669. The van der Waals surface area contributed by atoms with E-state index in [1.807, 2.05) is 6.92 Å². The lowest BCUT2D eigenvalue weighted by Gasteiger charge is -2.31. The standard InChI is InChI=1S/C24H27Cl2FN2O3/c1-2-21(24(31)28-19-5-3-4-6-19)29(14-16-7-10-18(27)11-8-16)23(30)15-32-22-12-9-17(25)13-20(22)26/h7-13,19,21H,2-6,14-15H2,1H3,(H,28,31). The molecule has 0 heterocycles. The van der Waals surface area contributed by atoms with Gasteiger partial charge in [0.05, 0.1) is 5.02 Å². The highest BCUT2D eigenvalue weighted by Gasteiger charge is 2.31. The van der Waals surface area contributed by atoms with Gasteiger partial charge in [-0.1, -0.05) is 55.1 Å². The van der Waals surface area contributed by atoms with Crippen molar-refractivity contribution in [2.24, 2.45) is 0 Å². The van der Waals surface area contributed by atoms with Gasteiger partial charge in [0.25, 0.3) is 5.91 Å². The summed E-state index contributed by atoms with van der Waals surface area (Å²) in [6.45, 7) is 1.73. The van der Waals surface area contributed by atoms with Crippen LogP contribution in [0.15, 0.2) is 42.5 Å². The Morgan fingerprint density at radius 3 is 2.47 bits per heavy atom. The van der Waals surface area contributed by atoms with E-state index in [0.717, 1.165) is 31.2 Å². The van der Waals surface area contributed by atoms with E-state index < -0.39 is 6.04 Å². The molecule has 3 rings (SSSR count). The molecule has 0 bridgehead atoms.